The van der Waals surface area contributed by atoms with Crippen molar-refractivity contribution in [2.75, 3.05) is 19.8 Å². The van der Waals surface area contributed by atoms with Gasteiger partial charge in [-0.25, -0.2) is 0 Å². The molecule has 1 heterocycles. The van der Waals surface area contributed by atoms with E-state index in [2.05, 4.69) is 26.0 Å². The molecule has 1 aliphatic rings. The van der Waals surface area contributed by atoms with E-state index in [1.54, 1.807) is 0 Å². The Morgan fingerprint density at radius 2 is 1.20 bits per heavy atom. The molecular weight excluding hydrogens is 568 g/mol. The molecule has 0 aromatic carbocycles. The zero-order chi connectivity index (χ0) is 32.4. The van der Waals surface area contributed by atoms with Gasteiger partial charge in [0.2, 0.25) is 0 Å². The summed E-state index contributed by atoms with van der Waals surface area (Å²) >= 11 is 0. The molecule has 0 bridgehead atoms. The van der Waals surface area contributed by atoms with Crippen molar-refractivity contribution >= 4 is 11.9 Å². The van der Waals surface area contributed by atoms with E-state index in [1.807, 2.05) is 0 Å². The van der Waals surface area contributed by atoms with E-state index >= 15 is 0 Å². The topological polar surface area (TPSA) is 152 Å². The highest BCUT2D eigenvalue weighted by molar-refractivity contribution is 5.70. The second-order valence-electron chi connectivity index (χ2n) is 12.0. The third kappa shape index (κ3) is 19.1. The van der Waals surface area contributed by atoms with E-state index < -0.39 is 49.4 Å². The first-order valence-corrected chi connectivity index (χ1v) is 17.3. The maximum atomic E-state index is 12.6. The minimum absolute atomic E-state index is 0.218. The second kappa shape index (κ2) is 26.6. The Morgan fingerprint density at radius 1 is 0.682 bits per heavy atom. The number of allylic oxidation sites excluding steroid dienone is 2. The summed E-state index contributed by atoms with van der Waals surface area (Å²) < 4.78 is 21.9. The van der Waals surface area contributed by atoms with Crippen molar-refractivity contribution in [3.8, 4) is 0 Å². The van der Waals surface area contributed by atoms with Gasteiger partial charge < -0.3 is 39.4 Å². The predicted octanol–water partition coefficient (Wildman–Crippen LogP) is 5.27. The van der Waals surface area contributed by atoms with Gasteiger partial charge in [0.05, 0.1) is 13.2 Å². The Balaban J connectivity index is 2.43. The Morgan fingerprint density at radius 3 is 1.80 bits per heavy atom. The molecule has 1 saturated heterocycles. The number of esters is 2. The molecule has 0 aliphatic carbocycles. The van der Waals surface area contributed by atoms with Crippen molar-refractivity contribution in [3.63, 3.8) is 0 Å². The van der Waals surface area contributed by atoms with Crippen LogP contribution >= 0.6 is 0 Å². The van der Waals surface area contributed by atoms with Gasteiger partial charge >= 0.3 is 11.9 Å². The average molecular weight is 631 g/mol. The number of aliphatic hydroxyl groups excluding tert-OH is 4. The van der Waals surface area contributed by atoms with E-state index in [4.69, 9.17) is 18.9 Å². The van der Waals surface area contributed by atoms with Gasteiger partial charge in [-0.15, -0.1) is 0 Å². The minimum Gasteiger partial charge on any atom is -0.462 e. The van der Waals surface area contributed by atoms with E-state index in [-0.39, 0.29) is 32.0 Å². The highest BCUT2D eigenvalue weighted by Crippen LogP contribution is 2.22. The van der Waals surface area contributed by atoms with Gasteiger partial charge in [0, 0.05) is 12.8 Å². The lowest BCUT2D eigenvalue weighted by Gasteiger charge is -2.39. The molecule has 0 radical (unpaired) electrons. The van der Waals surface area contributed by atoms with Gasteiger partial charge in [0.15, 0.2) is 12.4 Å². The third-order valence-corrected chi connectivity index (χ3v) is 7.90. The zero-order valence-electron chi connectivity index (χ0n) is 27.4. The SMILES string of the molecule is CCCCCC/C=C\CCCCCCCC(=O)OC(COC(=O)CCCCCCCC)COC1OC(CO)C(O)C(O)C1O. The van der Waals surface area contributed by atoms with Crippen molar-refractivity contribution in [3.05, 3.63) is 12.2 Å². The number of hydrogen-bond donors (Lipinski definition) is 4. The van der Waals surface area contributed by atoms with Crippen molar-refractivity contribution in [1.29, 1.82) is 0 Å². The highest BCUT2D eigenvalue weighted by Gasteiger charge is 2.44. The van der Waals surface area contributed by atoms with Gasteiger partial charge in [-0.1, -0.05) is 96.6 Å². The summed E-state index contributed by atoms with van der Waals surface area (Å²) in [6.45, 7) is 3.29. The molecule has 1 rings (SSSR count). The van der Waals surface area contributed by atoms with Crippen molar-refractivity contribution < 1.29 is 49.0 Å². The van der Waals surface area contributed by atoms with E-state index in [1.165, 1.54) is 32.1 Å². The summed E-state index contributed by atoms with van der Waals surface area (Å²) in [4.78, 5) is 24.9. The van der Waals surface area contributed by atoms with Crippen molar-refractivity contribution in [2.45, 2.75) is 173 Å². The number of ether oxygens (including phenoxy) is 4. The highest BCUT2D eigenvalue weighted by atomic mass is 16.7. The summed E-state index contributed by atoms with van der Waals surface area (Å²) in [5, 5.41) is 39.7. The largest absolute Gasteiger partial charge is 0.462 e. The van der Waals surface area contributed by atoms with Crippen LogP contribution < -0.4 is 0 Å². The number of hydrogen-bond acceptors (Lipinski definition) is 10. The summed E-state index contributed by atoms with van der Waals surface area (Å²) in [6, 6.07) is 0. The molecule has 1 aliphatic heterocycles. The lowest BCUT2D eigenvalue weighted by Crippen LogP contribution is -2.59. The summed E-state index contributed by atoms with van der Waals surface area (Å²) in [6.07, 6.45) is 15.4. The van der Waals surface area contributed by atoms with Crippen LogP contribution in [-0.4, -0.2) is 89.0 Å². The number of rotatable bonds is 27. The monoisotopic (exact) mass is 630 g/mol. The summed E-state index contributed by atoms with van der Waals surface area (Å²) in [7, 11) is 0. The molecule has 1 fully saturated rings. The smallest absolute Gasteiger partial charge is 0.306 e. The molecule has 0 aromatic heterocycles. The Bertz CT molecular complexity index is 744. The molecular formula is C34H62O10. The third-order valence-electron chi connectivity index (χ3n) is 7.90. The van der Waals surface area contributed by atoms with Gasteiger partial charge in [0.25, 0.3) is 0 Å². The van der Waals surface area contributed by atoms with Crippen LogP contribution in [-0.2, 0) is 28.5 Å². The average Bonchev–Trinajstić information content (AvgIpc) is 3.02. The molecule has 10 nitrogen and oxygen atoms in total. The van der Waals surface area contributed by atoms with E-state index in [9.17, 15) is 30.0 Å². The van der Waals surface area contributed by atoms with Gasteiger partial charge in [0.1, 0.15) is 31.0 Å². The van der Waals surface area contributed by atoms with Crippen LogP contribution in [0.5, 0.6) is 0 Å². The van der Waals surface area contributed by atoms with Crippen LogP contribution in [0.15, 0.2) is 12.2 Å². The standard InChI is InChI=1S/C34H62O10/c1-3-5-7-9-11-12-13-14-15-16-17-19-21-23-30(37)43-27(25-41-29(36)22-20-18-10-8-6-4-2)26-42-34-33(40)32(39)31(38)28(24-35)44-34/h12-13,27-28,31-35,38-40H,3-11,14-26H2,1-2H3/b13-12-. The molecule has 258 valence electrons. The normalized spacial score (nSPS) is 22.7. The molecule has 0 spiro atoms. The van der Waals surface area contributed by atoms with Crippen LogP contribution in [0.2, 0.25) is 0 Å². The zero-order valence-corrected chi connectivity index (χ0v) is 27.4. The summed E-state index contributed by atoms with van der Waals surface area (Å²) in [5.74, 6) is -0.828. The van der Waals surface area contributed by atoms with E-state index in [0.717, 1.165) is 70.6 Å². The molecule has 44 heavy (non-hydrogen) atoms. The molecule has 6 atom stereocenters. The maximum Gasteiger partial charge on any atom is 0.306 e. The van der Waals surface area contributed by atoms with Crippen LogP contribution in [0.4, 0.5) is 0 Å². The molecule has 0 amide bonds. The molecule has 0 saturated carbocycles. The first-order valence-electron chi connectivity index (χ1n) is 17.3. The summed E-state index contributed by atoms with van der Waals surface area (Å²) in [5.41, 5.74) is 0. The van der Waals surface area contributed by atoms with Gasteiger partial charge in [-0.05, 0) is 38.5 Å². The van der Waals surface area contributed by atoms with Crippen molar-refractivity contribution in [1.82, 2.24) is 0 Å². The molecule has 10 heteroatoms. The predicted molar refractivity (Wildman–Crippen MR) is 169 cm³/mol. The second-order valence-corrected chi connectivity index (χ2v) is 12.0. The van der Waals surface area contributed by atoms with Crippen molar-refractivity contribution in [2.24, 2.45) is 0 Å². The fourth-order valence-electron chi connectivity index (χ4n) is 5.06. The van der Waals surface area contributed by atoms with Crippen LogP contribution in [0.1, 0.15) is 136 Å². The number of unbranched alkanes of at least 4 members (excludes halogenated alkanes) is 14. The van der Waals surface area contributed by atoms with Gasteiger partial charge in [-0.2, -0.15) is 0 Å². The molecule has 0 aromatic rings. The van der Waals surface area contributed by atoms with E-state index in [0.29, 0.717) is 6.42 Å². The lowest BCUT2D eigenvalue weighted by atomic mass is 9.99. The molecule has 4 N–H and O–H groups in total. The van der Waals surface area contributed by atoms with Crippen LogP contribution in [0.25, 0.3) is 0 Å². The van der Waals surface area contributed by atoms with Crippen LogP contribution in [0, 0.1) is 0 Å². The first-order chi connectivity index (χ1) is 21.3. The fraction of sp³-hybridized carbons (Fsp3) is 0.882. The molecule has 6 unspecified atom stereocenters. The fourth-order valence-corrected chi connectivity index (χ4v) is 5.06. The first kappa shape index (κ1) is 40.5. The Kier molecular flexibility index (Phi) is 24.5. The number of carbonyl (C=O) groups is 2. The minimum atomic E-state index is -1.59. The quantitative estimate of drug-likeness (QED) is 0.0537. The lowest BCUT2D eigenvalue weighted by molar-refractivity contribution is -0.305. The number of carbonyl (C=O) groups excluding carboxylic acids is 2. The Hall–Kier alpha value is -1.56. The Labute approximate surface area is 265 Å². The number of aliphatic hydroxyl groups is 4. The van der Waals surface area contributed by atoms with Gasteiger partial charge in [-0.3, -0.25) is 9.59 Å². The maximum absolute atomic E-state index is 12.6. The van der Waals surface area contributed by atoms with Crippen LogP contribution in [0.3, 0.4) is 0 Å².